The van der Waals surface area contributed by atoms with Gasteiger partial charge in [-0.3, -0.25) is 13.9 Å². The molecule has 0 saturated carbocycles. The summed E-state index contributed by atoms with van der Waals surface area (Å²) in [6.07, 6.45) is 0.811. The van der Waals surface area contributed by atoms with Gasteiger partial charge in [-0.1, -0.05) is 55.5 Å². The number of nitrogens with one attached hydrogen (secondary N) is 1. The van der Waals surface area contributed by atoms with E-state index in [0.717, 1.165) is 9.87 Å². The van der Waals surface area contributed by atoms with E-state index in [2.05, 4.69) is 5.32 Å². The Hall–Kier alpha value is -4.12. The van der Waals surface area contributed by atoms with Crippen LogP contribution in [0.5, 0.6) is 11.5 Å². The minimum absolute atomic E-state index is 0.00111. The molecule has 0 bridgehead atoms. The van der Waals surface area contributed by atoms with E-state index in [4.69, 9.17) is 9.47 Å². The van der Waals surface area contributed by atoms with Crippen molar-refractivity contribution in [1.29, 1.82) is 0 Å². The average molecular weight is 598 g/mol. The molecule has 11 heteroatoms. The summed E-state index contributed by atoms with van der Waals surface area (Å²) < 4.78 is 53.3. The highest BCUT2D eigenvalue weighted by Gasteiger charge is 2.34. The maximum atomic E-state index is 14.9. The van der Waals surface area contributed by atoms with Gasteiger partial charge < -0.3 is 19.7 Å². The number of sulfonamides is 1. The highest BCUT2D eigenvalue weighted by Crippen LogP contribution is 2.36. The molecule has 1 N–H and O–H groups in total. The number of benzene rings is 3. The van der Waals surface area contributed by atoms with E-state index in [9.17, 15) is 22.4 Å². The van der Waals surface area contributed by atoms with Crippen molar-refractivity contribution in [2.75, 3.05) is 23.4 Å². The van der Waals surface area contributed by atoms with E-state index in [1.807, 2.05) is 44.2 Å². The molecule has 2 amide bonds. The zero-order valence-corrected chi connectivity index (χ0v) is 24.8. The molecule has 3 aromatic rings. The first-order chi connectivity index (χ1) is 20.1. The van der Waals surface area contributed by atoms with Gasteiger partial charge in [0.05, 0.1) is 11.4 Å². The maximum Gasteiger partial charge on any atom is 0.244 e. The quantitative estimate of drug-likeness (QED) is 0.316. The minimum Gasteiger partial charge on any atom is -0.454 e. The van der Waals surface area contributed by atoms with Gasteiger partial charge in [0.2, 0.25) is 28.6 Å². The van der Waals surface area contributed by atoms with Gasteiger partial charge in [-0.25, -0.2) is 12.8 Å². The molecule has 1 aliphatic rings. The van der Waals surface area contributed by atoms with E-state index in [1.165, 1.54) is 36.1 Å². The summed E-state index contributed by atoms with van der Waals surface area (Å²) in [5.74, 6) is -1.06. The lowest BCUT2D eigenvalue weighted by molar-refractivity contribution is -0.140. The van der Waals surface area contributed by atoms with Crippen molar-refractivity contribution in [1.82, 2.24) is 10.2 Å². The van der Waals surface area contributed by atoms with Crippen molar-refractivity contribution in [3.05, 3.63) is 89.7 Å². The number of hydrogen-bond donors (Lipinski definition) is 1. The largest absolute Gasteiger partial charge is 0.454 e. The second-order valence-electron chi connectivity index (χ2n) is 10.1. The minimum atomic E-state index is -3.95. The normalized spacial score (nSPS) is 13.7. The Morgan fingerprint density at radius 2 is 1.67 bits per heavy atom. The Balaban J connectivity index is 1.76. The van der Waals surface area contributed by atoms with Crippen molar-refractivity contribution in [2.45, 2.75) is 52.2 Å². The van der Waals surface area contributed by atoms with Crippen LogP contribution in [0.3, 0.4) is 0 Å². The van der Waals surface area contributed by atoms with Crippen LogP contribution in [0.25, 0.3) is 0 Å². The van der Waals surface area contributed by atoms with Gasteiger partial charge in [0.15, 0.2) is 11.5 Å². The third-order valence-electron chi connectivity index (χ3n) is 7.19. The number of anilines is 1. The van der Waals surface area contributed by atoms with Crippen molar-refractivity contribution in [3.63, 3.8) is 0 Å². The third-order valence-corrected chi connectivity index (χ3v) is 8.94. The lowest BCUT2D eigenvalue weighted by Gasteiger charge is -2.34. The summed E-state index contributed by atoms with van der Waals surface area (Å²) in [6.45, 7) is 4.42. The van der Waals surface area contributed by atoms with Gasteiger partial charge in [0.1, 0.15) is 18.4 Å². The number of amides is 2. The number of carbonyl (C=O) groups excluding carboxylic acids is 2. The number of rotatable bonds is 13. The molecule has 0 spiro atoms. The van der Waals surface area contributed by atoms with Crippen LogP contribution in [0.2, 0.25) is 0 Å². The van der Waals surface area contributed by atoms with E-state index in [1.54, 1.807) is 18.2 Å². The fourth-order valence-electron chi connectivity index (χ4n) is 4.57. The van der Waals surface area contributed by atoms with Gasteiger partial charge in [-0.2, -0.15) is 0 Å². The standard InChI is InChI=1S/C31H36FN3O6S/c1-4-22(3)33-31(37)27(17-23-11-7-6-8-12-23)34(19-24-13-9-10-14-26(24)32)30(36)20-35(42(38,39)5-2)25-15-16-28-29(18-25)41-21-40-28/h6-16,18,22,27H,4-5,17,19-21H2,1-3H3,(H,33,37)/t22-,27+/m1/s1. The van der Waals surface area contributed by atoms with E-state index in [-0.39, 0.29) is 42.8 Å². The van der Waals surface area contributed by atoms with Gasteiger partial charge in [-0.15, -0.1) is 0 Å². The van der Waals surface area contributed by atoms with E-state index >= 15 is 0 Å². The molecular formula is C31H36FN3O6S. The van der Waals surface area contributed by atoms with Gasteiger partial charge in [-0.05, 0) is 44.0 Å². The Labute approximate surface area is 246 Å². The molecule has 9 nitrogen and oxygen atoms in total. The molecule has 0 aliphatic carbocycles. The number of nitrogens with zero attached hydrogens (tertiary/aromatic N) is 2. The summed E-state index contributed by atoms with van der Waals surface area (Å²) in [5.41, 5.74) is 1.21. The molecule has 1 heterocycles. The van der Waals surface area contributed by atoms with E-state index in [0.29, 0.717) is 17.9 Å². The SMILES string of the molecule is CC[C@@H](C)NC(=O)[C@H](Cc1ccccc1)N(Cc1ccccc1F)C(=O)CN(c1ccc2c(c1)OCO2)S(=O)(=O)CC. The molecule has 1 aliphatic heterocycles. The highest BCUT2D eigenvalue weighted by molar-refractivity contribution is 7.92. The van der Waals surface area contributed by atoms with Gasteiger partial charge >= 0.3 is 0 Å². The van der Waals surface area contributed by atoms with Crippen molar-refractivity contribution >= 4 is 27.5 Å². The van der Waals surface area contributed by atoms with Gasteiger partial charge in [0.25, 0.3) is 0 Å². The van der Waals surface area contributed by atoms with Crippen LogP contribution in [-0.4, -0.2) is 56.3 Å². The number of carbonyl (C=O) groups is 2. The Morgan fingerprint density at radius 3 is 2.36 bits per heavy atom. The lowest BCUT2D eigenvalue weighted by Crippen LogP contribution is -2.54. The molecule has 2 atom stereocenters. The summed E-state index contributed by atoms with van der Waals surface area (Å²) >= 11 is 0. The molecular weight excluding hydrogens is 561 g/mol. The fraction of sp³-hybridized carbons (Fsp3) is 0.355. The molecule has 0 unspecified atom stereocenters. The first kappa shape index (κ1) is 30.8. The number of fused-ring (bicyclic) bond motifs is 1. The van der Waals surface area contributed by atoms with Crippen LogP contribution in [0, 0.1) is 5.82 Å². The smallest absolute Gasteiger partial charge is 0.244 e. The molecule has 0 aromatic heterocycles. The Bertz CT molecular complexity index is 1500. The Morgan fingerprint density at radius 1 is 0.976 bits per heavy atom. The third kappa shape index (κ3) is 7.39. The van der Waals surface area contributed by atoms with Crippen LogP contribution in [0.4, 0.5) is 10.1 Å². The maximum absolute atomic E-state index is 14.9. The average Bonchev–Trinajstić information content (AvgIpc) is 3.46. The summed E-state index contributed by atoms with van der Waals surface area (Å²) in [5, 5.41) is 2.95. The summed E-state index contributed by atoms with van der Waals surface area (Å²) in [7, 11) is -3.95. The molecule has 0 saturated heterocycles. The van der Waals surface area contributed by atoms with Crippen molar-refractivity contribution in [3.8, 4) is 11.5 Å². The molecule has 0 radical (unpaired) electrons. The first-order valence-electron chi connectivity index (χ1n) is 13.9. The number of ether oxygens (including phenoxy) is 2. The molecule has 4 rings (SSSR count). The number of halogens is 1. The van der Waals surface area contributed by atoms with Crippen LogP contribution >= 0.6 is 0 Å². The van der Waals surface area contributed by atoms with Crippen LogP contribution in [0.15, 0.2) is 72.8 Å². The van der Waals surface area contributed by atoms with Crippen LogP contribution < -0.4 is 19.1 Å². The predicted molar refractivity (Wildman–Crippen MR) is 158 cm³/mol. The molecule has 0 fully saturated rings. The molecule has 3 aromatic carbocycles. The second-order valence-corrected chi connectivity index (χ2v) is 12.3. The second kappa shape index (κ2) is 13.7. The van der Waals surface area contributed by atoms with Crippen LogP contribution in [-0.2, 0) is 32.6 Å². The molecule has 42 heavy (non-hydrogen) atoms. The first-order valence-corrected chi connectivity index (χ1v) is 15.5. The van der Waals surface area contributed by atoms with Gasteiger partial charge in [0, 0.05) is 30.6 Å². The zero-order valence-electron chi connectivity index (χ0n) is 24.0. The monoisotopic (exact) mass is 597 g/mol. The topological polar surface area (TPSA) is 105 Å². The molecule has 224 valence electrons. The lowest BCUT2D eigenvalue weighted by atomic mass is 10.0. The van der Waals surface area contributed by atoms with Crippen LogP contribution in [0.1, 0.15) is 38.3 Å². The summed E-state index contributed by atoms with van der Waals surface area (Å²) in [6, 6.07) is 18.6. The van der Waals surface area contributed by atoms with Crippen molar-refractivity contribution in [2.24, 2.45) is 0 Å². The fourth-order valence-corrected chi connectivity index (χ4v) is 5.62. The Kier molecular flexibility index (Phi) is 10.1. The van der Waals surface area contributed by atoms with E-state index < -0.39 is 40.2 Å². The van der Waals surface area contributed by atoms with Crippen molar-refractivity contribution < 1.29 is 31.9 Å². The summed E-state index contributed by atoms with van der Waals surface area (Å²) in [4.78, 5) is 29.2. The zero-order chi connectivity index (χ0) is 30.3. The highest BCUT2D eigenvalue weighted by atomic mass is 32.2. The predicted octanol–water partition coefficient (Wildman–Crippen LogP) is 4.27. The number of hydrogen-bond acceptors (Lipinski definition) is 6.